The Morgan fingerprint density at radius 2 is 1.92 bits per heavy atom. The second-order valence-electron chi connectivity index (χ2n) is 4.87. The lowest BCUT2D eigenvalue weighted by atomic mass is 10.4. The van der Waals surface area contributed by atoms with Crippen molar-refractivity contribution in [1.82, 2.24) is 16.0 Å². The molecular formula is C17H23IN4O2S. The predicted molar refractivity (Wildman–Crippen MR) is 113 cm³/mol. The van der Waals surface area contributed by atoms with E-state index in [1.807, 2.05) is 24.3 Å². The summed E-state index contributed by atoms with van der Waals surface area (Å²) in [4.78, 5) is 17.1. The molecule has 2 aromatic rings. The van der Waals surface area contributed by atoms with Crippen LogP contribution in [0.2, 0.25) is 0 Å². The molecule has 1 heterocycles. The van der Waals surface area contributed by atoms with Crippen LogP contribution in [0.1, 0.15) is 5.76 Å². The van der Waals surface area contributed by atoms with E-state index in [9.17, 15) is 4.79 Å². The fraction of sp³-hybridized carbons (Fsp3) is 0.294. The first-order chi connectivity index (χ1) is 11.8. The number of nitrogens with zero attached hydrogens (tertiary/aromatic N) is 1. The summed E-state index contributed by atoms with van der Waals surface area (Å²) in [6.07, 6.45) is 1.58. The molecule has 0 atom stereocenters. The summed E-state index contributed by atoms with van der Waals surface area (Å²) in [6, 6.07) is 13.8. The van der Waals surface area contributed by atoms with Crippen molar-refractivity contribution in [3.05, 3.63) is 54.5 Å². The summed E-state index contributed by atoms with van der Waals surface area (Å²) < 4.78 is 5.16. The van der Waals surface area contributed by atoms with E-state index in [1.54, 1.807) is 31.1 Å². The van der Waals surface area contributed by atoms with Gasteiger partial charge in [-0.3, -0.25) is 9.79 Å². The monoisotopic (exact) mass is 474 g/mol. The topological polar surface area (TPSA) is 78.7 Å². The number of halogens is 1. The lowest BCUT2D eigenvalue weighted by Gasteiger charge is -2.11. The molecule has 0 unspecified atom stereocenters. The van der Waals surface area contributed by atoms with Gasteiger partial charge >= 0.3 is 0 Å². The van der Waals surface area contributed by atoms with Crippen molar-refractivity contribution >= 4 is 47.6 Å². The number of hydrogen-bond donors (Lipinski definition) is 3. The van der Waals surface area contributed by atoms with Crippen LogP contribution in [0, 0.1) is 0 Å². The van der Waals surface area contributed by atoms with Gasteiger partial charge < -0.3 is 20.4 Å². The van der Waals surface area contributed by atoms with Crippen LogP contribution in [0.15, 0.2) is 63.0 Å². The van der Waals surface area contributed by atoms with E-state index in [-0.39, 0.29) is 36.4 Å². The van der Waals surface area contributed by atoms with E-state index >= 15 is 0 Å². The van der Waals surface area contributed by atoms with Gasteiger partial charge in [-0.2, -0.15) is 0 Å². The zero-order valence-electron chi connectivity index (χ0n) is 14.0. The van der Waals surface area contributed by atoms with Crippen LogP contribution in [0.5, 0.6) is 0 Å². The molecule has 0 bridgehead atoms. The fourth-order valence-electron chi connectivity index (χ4n) is 1.90. The number of amides is 1. The van der Waals surface area contributed by atoms with Gasteiger partial charge in [-0.05, 0) is 24.3 Å². The van der Waals surface area contributed by atoms with Gasteiger partial charge in [-0.25, -0.2) is 0 Å². The molecule has 1 amide bonds. The van der Waals surface area contributed by atoms with Gasteiger partial charge in [0.2, 0.25) is 5.91 Å². The predicted octanol–water partition coefficient (Wildman–Crippen LogP) is 2.47. The lowest BCUT2D eigenvalue weighted by molar-refractivity contribution is -0.120. The zero-order chi connectivity index (χ0) is 17.0. The van der Waals surface area contributed by atoms with Gasteiger partial charge in [0.05, 0.1) is 19.4 Å². The van der Waals surface area contributed by atoms with Gasteiger partial charge in [-0.1, -0.05) is 18.2 Å². The molecule has 8 heteroatoms. The maximum absolute atomic E-state index is 11.8. The van der Waals surface area contributed by atoms with Crippen LogP contribution in [-0.4, -0.2) is 37.8 Å². The molecule has 0 aliphatic carbocycles. The average molecular weight is 474 g/mol. The molecule has 136 valence electrons. The minimum atomic E-state index is -0.118. The standard InChI is InChI=1S/C17H22N4O2S.HI/c1-18-17(19-9-11-24-15-7-3-2-4-8-15)21-13-16(22)20-12-14-6-5-10-23-14;/h2-8,10H,9,11-13H2,1H3,(H,20,22)(H2,18,19,21);1H. The highest BCUT2D eigenvalue weighted by Gasteiger charge is 2.04. The molecule has 0 saturated carbocycles. The van der Waals surface area contributed by atoms with Crippen molar-refractivity contribution in [2.45, 2.75) is 11.4 Å². The molecule has 6 nitrogen and oxygen atoms in total. The number of carbonyl (C=O) groups is 1. The summed E-state index contributed by atoms with van der Waals surface area (Å²) in [7, 11) is 1.68. The van der Waals surface area contributed by atoms with Crippen molar-refractivity contribution < 1.29 is 9.21 Å². The second kappa shape index (κ2) is 12.6. The lowest BCUT2D eigenvalue weighted by Crippen LogP contribution is -2.43. The summed E-state index contributed by atoms with van der Waals surface area (Å²) in [5, 5.41) is 8.94. The molecule has 0 aliphatic rings. The van der Waals surface area contributed by atoms with Crippen molar-refractivity contribution in [1.29, 1.82) is 0 Å². The molecule has 0 saturated heterocycles. The summed E-state index contributed by atoms with van der Waals surface area (Å²) in [5.41, 5.74) is 0. The first-order valence-corrected chi connectivity index (χ1v) is 8.68. The first kappa shape index (κ1) is 21.4. The smallest absolute Gasteiger partial charge is 0.239 e. The summed E-state index contributed by atoms with van der Waals surface area (Å²) in [5.74, 6) is 2.13. The Morgan fingerprint density at radius 3 is 2.60 bits per heavy atom. The number of carbonyl (C=O) groups excluding carboxylic acids is 1. The van der Waals surface area contributed by atoms with Crippen LogP contribution < -0.4 is 16.0 Å². The number of hydrogen-bond acceptors (Lipinski definition) is 4. The molecule has 0 radical (unpaired) electrons. The van der Waals surface area contributed by atoms with Gasteiger partial charge in [0, 0.05) is 24.2 Å². The highest BCUT2D eigenvalue weighted by molar-refractivity contribution is 14.0. The maximum atomic E-state index is 11.8. The van der Waals surface area contributed by atoms with Gasteiger partial charge in [0.15, 0.2) is 5.96 Å². The Kier molecular flexibility index (Phi) is 10.8. The molecular weight excluding hydrogens is 451 g/mol. The number of aliphatic imine (C=N–C) groups is 1. The van der Waals surface area contributed by atoms with Gasteiger partial charge in [0.1, 0.15) is 5.76 Å². The number of guanidine groups is 1. The average Bonchev–Trinajstić information content (AvgIpc) is 3.14. The summed E-state index contributed by atoms with van der Waals surface area (Å²) in [6.45, 7) is 1.30. The molecule has 1 aromatic carbocycles. The van der Waals surface area contributed by atoms with E-state index in [0.717, 1.165) is 18.1 Å². The normalized spacial score (nSPS) is 10.7. The van der Waals surface area contributed by atoms with Crippen LogP contribution in [0.4, 0.5) is 0 Å². The largest absolute Gasteiger partial charge is 0.467 e. The Morgan fingerprint density at radius 1 is 1.12 bits per heavy atom. The summed E-state index contributed by atoms with van der Waals surface area (Å²) >= 11 is 1.77. The number of furan rings is 1. The molecule has 2 rings (SSSR count). The Hall–Kier alpha value is -1.68. The first-order valence-electron chi connectivity index (χ1n) is 7.69. The number of benzene rings is 1. The van der Waals surface area contributed by atoms with Crippen molar-refractivity contribution in [2.75, 3.05) is 25.9 Å². The molecule has 0 spiro atoms. The minimum absolute atomic E-state index is 0. The highest BCUT2D eigenvalue weighted by atomic mass is 127. The molecule has 0 aliphatic heterocycles. The van der Waals surface area contributed by atoms with E-state index in [0.29, 0.717) is 12.5 Å². The van der Waals surface area contributed by atoms with Gasteiger partial charge in [-0.15, -0.1) is 35.7 Å². The SMILES string of the molecule is CN=C(NCCSc1ccccc1)NCC(=O)NCc1ccco1.I. The van der Waals surface area contributed by atoms with Crippen LogP contribution in [0.25, 0.3) is 0 Å². The van der Waals surface area contributed by atoms with Crippen molar-refractivity contribution in [2.24, 2.45) is 4.99 Å². The molecule has 25 heavy (non-hydrogen) atoms. The molecule has 1 aromatic heterocycles. The van der Waals surface area contributed by atoms with Crippen LogP contribution in [0.3, 0.4) is 0 Å². The van der Waals surface area contributed by atoms with Gasteiger partial charge in [0.25, 0.3) is 0 Å². The number of thioether (sulfide) groups is 1. The third-order valence-electron chi connectivity index (χ3n) is 3.09. The fourth-order valence-corrected chi connectivity index (χ4v) is 2.69. The second-order valence-corrected chi connectivity index (χ2v) is 6.04. The Labute approximate surface area is 169 Å². The van der Waals surface area contributed by atoms with E-state index < -0.39 is 0 Å². The quantitative estimate of drug-likeness (QED) is 0.180. The van der Waals surface area contributed by atoms with Crippen molar-refractivity contribution in [3.8, 4) is 0 Å². The Bertz CT molecular complexity index is 635. The molecule has 3 N–H and O–H groups in total. The highest BCUT2D eigenvalue weighted by Crippen LogP contribution is 2.15. The minimum Gasteiger partial charge on any atom is -0.467 e. The maximum Gasteiger partial charge on any atom is 0.239 e. The molecule has 0 fully saturated rings. The number of rotatable bonds is 8. The van der Waals surface area contributed by atoms with E-state index in [4.69, 9.17) is 4.42 Å². The van der Waals surface area contributed by atoms with E-state index in [2.05, 4.69) is 33.1 Å². The van der Waals surface area contributed by atoms with Crippen LogP contribution >= 0.6 is 35.7 Å². The third kappa shape index (κ3) is 8.82. The van der Waals surface area contributed by atoms with Crippen LogP contribution in [-0.2, 0) is 11.3 Å². The number of nitrogens with one attached hydrogen (secondary N) is 3. The Balaban J connectivity index is 0.00000312. The third-order valence-corrected chi connectivity index (χ3v) is 4.10. The zero-order valence-corrected chi connectivity index (χ0v) is 17.2. The van der Waals surface area contributed by atoms with E-state index in [1.165, 1.54) is 4.90 Å². The van der Waals surface area contributed by atoms with Crippen molar-refractivity contribution in [3.63, 3.8) is 0 Å².